The number of sulfone groups is 1. The van der Waals surface area contributed by atoms with Gasteiger partial charge in [0.25, 0.3) is 5.91 Å². The van der Waals surface area contributed by atoms with Crippen molar-refractivity contribution in [1.82, 2.24) is 10.5 Å². The van der Waals surface area contributed by atoms with Crippen LogP contribution < -0.4 is 5.48 Å². The van der Waals surface area contributed by atoms with Crippen molar-refractivity contribution in [3.63, 3.8) is 0 Å². The molecule has 124 valence electrons. The summed E-state index contributed by atoms with van der Waals surface area (Å²) < 4.78 is 22.9. The van der Waals surface area contributed by atoms with Crippen LogP contribution in [-0.2, 0) is 19.4 Å². The molecular weight excluding hydrogens is 326 g/mol. The van der Waals surface area contributed by atoms with Gasteiger partial charge in [-0.3, -0.25) is 9.59 Å². The predicted octanol–water partition coefficient (Wildman–Crippen LogP) is -0.541. The van der Waals surface area contributed by atoms with Crippen molar-refractivity contribution in [2.45, 2.75) is 17.4 Å². The van der Waals surface area contributed by atoms with Gasteiger partial charge in [-0.1, -0.05) is 12.1 Å². The Morgan fingerprint density at radius 3 is 2.35 bits per heavy atom. The number of hydrazone groups is 1. The summed E-state index contributed by atoms with van der Waals surface area (Å²) >= 11 is 0. The number of benzene rings is 1. The van der Waals surface area contributed by atoms with Gasteiger partial charge in [0, 0.05) is 11.8 Å². The van der Waals surface area contributed by atoms with Gasteiger partial charge in [-0.2, -0.15) is 10.6 Å². The molecule has 1 aromatic rings. The zero-order valence-corrected chi connectivity index (χ0v) is 13.2. The molecule has 1 aliphatic rings. The van der Waals surface area contributed by atoms with E-state index in [4.69, 9.17) is 5.11 Å². The fraction of sp³-hybridized carbons (Fsp3) is 0.308. The van der Waals surface area contributed by atoms with Crippen molar-refractivity contribution >= 4 is 27.4 Å². The van der Waals surface area contributed by atoms with E-state index in [9.17, 15) is 23.2 Å². The normalized spacial score (nSPS) is 21.4. The first-order valence-electron chi connectivity index (χ1n) is 6.44. The van der Waals surface area contributed by atoms with Crippen LogP contribution >= 0.6 is 0 Å². The Kier molecular flexibility index (Phi) is 4.24. The number of hydrogen-bond donors (Lipinski definition) is 3. The minimum absolute atomic E-state index is 0.0892. The summed E-state index contributed by atoms with van der Waals surface area (Å²) in [7, 11) is -3.37. The largest absolute Gasteiger partial charge is 0.480 e. The Morgan fingerprint density at radius 2 is 1.91 bits per heavy atom. The molecule has 0 radical (unpaired) electrons. The molecule has 9 nitrogen and oxygen atoms in total. The van der Waals surface area contributed by atoms with Crippen molar-refractivity contribution in [3.05, 3.63) is 29.8 Å². The van der Waals surface area contributed by atoms with Crippen LogP contribution in [0.15, 0.2) is 34.3 Å². The van der Waals surface area contributed by atoms with Gasteiger partial charge < -0.3 is 10.3 Å². The van der Waals surface area contributed by atoms with Gasteiger partial charge in [-0.25, -0.2) is 13.4 Å². The van der Waals surface area contributed by atoms with Gasteiger partial charge in [0.1, 0.15) is 6.54 Å². The first kappa shape index (κ1) is 17.1. The van der Waals surface area contributed by atoms with Crippen molar-refractivity contribution in [2.75, 3.05) is 12.8 Å². The maximum atomic E-state index is 12.2. The second kappa shape index (κ2) is 5.72. The summed E-state index contributed by atoms with van der Waals surface area (Å²) in [6.45, 7) is 0.696. The number of amides is 1. The summed E-state index contributed by atoms with van der Waals surface area (Å²) in [5.74, 6) is -1.99. The van der Waals surface area contributed by atoms with Gasteiger partial charge in [0.2, 0.25) is 0 Å². The summed E-state index contributed by atoms with van der Waals surface area (Å²) in [5, 5.41) is 22.8. The molecule has 0 saturated carbocycles. The number of hydroxylamine groups is 1. The lowest BCUT2D eigenvalue weighted by Crippen LogP contribution is -2.54. The van der Waals surface area contributed by atoms with Crippen molar-refractivity contribution in [1.29, 1.82) is 0 Å². The van der Waals surface area contributed by atoms with Gasteiger partial charge in [0.05, 0.1) is 10.6 Å². The number of nitrogens with zero attached hydrogens (tertiary/aromatic N) is 2. The standard InChI is InChI=1S/C13H15N3O6S/c1-13(15-20)11(14-16(12(13)19)7-10(17)18)8-3-5-9(6-4-8)23(2,21)22/h3-6,15,20H,7H2,1-2H3,(H,17,18). The van der Waals surface area contributed by atoms with E-state index in [2.05, 4.69) is 5.10 Å². The maximum Gasteiger partial charge on any atom is 0.325 e. The number of carbonyl (C=O) groups excluding carboxylic acids is 1. The van der Waals surface area contributed by atoms with Gasteiger partial charge in [0.15, 0.2) is 15.4 Å². The maximum absolute atomic E-state index is 12.2. The van der Waals surface area contributed by atoms with E-state index in [-0.39, 0.29) is 10.6 Å². The number of carboxylic acids is 1. The number of carboxylic acid groups (broad SMARTS) is 1. The van der Waals surface area contributed by atoms with Crippen LogP contribution in [0.25, 0.3) is 0 Å². The van der Waals surface area contributed by atoms with E-state index >= 15 is 0 Å². The van der Waals surface area contributed by atoms with Crippen molar-refractivity contribution in [2.24, 2.45) is 5.10 Å². The monoisotopic (exact) mass is 341 g/mol. The first-order valence-corrected chi connectivity index (χ1v) is 8.33. The highest BCUT2D eigenvalue weighted by Gasteiger charge is 2.48. The summed E-state index contributed by atoms with van der Waals surface area (Å²) in [4.78, 5) is 23.1. The Hall–Kier alpha value is -2.30. The second-order valence-corrected chi connectivity index (χ2v) is 7.25. The van der Waals surface area contributed by atoms with Crippen LogP contribution in [0.2, 0.25) is 0 Å². The van der Waals surface area contributed by atoms with E-state index in [1.54, 1.807) is 0 Å². The molecule has 1 atom stereocenters. The molecule has 0 fully saturated rings. The van der Waals surface area contributed by atoms with Crippen LogP contribution in [0.1, 0.15) is 12.5 Å². The van der Waals surface area contributed by atoms with Crippen LogP contribution in [0.5, 0.6) is 0 Å². The van der Waals surface area contributed by atoms with Gasteiger partial charge in [-0.05, 0) is 19.1 Å². The quantitative estimate of drug-likeness (QED) is 0.612. The van der Waals surface area contributed by atoms with E-state index in [1.165, 1.54) is 31.2 Å². The number of hydrogen-bond acceptors (Lipinski definition) is 7. The molecule has 0 aliphatic carbocycles. The van der Waals surface area contributed by atoms with Crippen LogP contribution in [0.4, 0.5) is 0 Å². The van der Waals surface area contributed by atoms with Gasteiger partial charge >= 0.3 is 5.97 Å². The Balaban J connectivity index is 2.46. The summed E-state index contributed by atoms with van der Waals surface area (Å²) in [6.07, 6.45) is 1.06. The fourth-order valence-electron chi connectivity index (χ4n) is 2.17. The van der Waals surface area contributed by atoms with E-state index in [0.717, 1.165) is 11.3 Å². The lowest BCUT2D eigenvalue weighted by Gasteiger charge is -2.22. The molecule has 10 heteroatoms. The molecule has 0 spiro atoms. The number of carbonyl (C=O) groups is 2. The number of aliphatic carboxylic acids is 1. The zero-order valence-electron chi connectivity index (χ0n) is 12.3. The lowest BCUT2D eigenvalue weighted by molar-refractivity contribution is -0.146. The predicted molar refractivity (Wildman–Crippen MR) is 78.8 cm³/mol. The van der Waals surface area contributed by atoms with E-state index < -0.39 is 33.8 Å². The molecule has 0 saturated heterocycles. The molecule has 23 heavy (non-hydrogen) atoms. The minimum Gasteiger partial charge on any atom is -0.480 e. The molecule has 1 aliphatic heterocycles. The van der Waals surface area contributed by atoms with Crippen molar-refractivity contribution < 1.29 is 28.3 Å². The number of rotatable bonds is 5. The zero-order chi connectivity index (χ0) is 17.4. The van der Waals surface area contributed by atoms with E-state index in [1.807, 2.05) is 5.48 Å². The van der Waals surface area contributed by atoms with Crippen LogP contribution in [-0.4, -0.2) is 59.7 Å². The molecule has 0 bridgehead atoms. The third-order valence-electron chi connectivity index (χ3n) is 3.42. The van der Waals surface area contributed by atoms with Crippen molar-refractivity contribution in [3.8, 4) is 0 Å². The third kappa shape index (κ3) is 3.09. The highest BCUT2D eigenvalue weighted by Crippen LogP contribution is 2.25. The SMILES string of the molecule is CC1(NO)C(=O)N(CC(=O)O)N=C1c1ccc(S(C)(=O)=O)cc1. The summed E-state index contributed by atoms with van der Waals surface area (Å²) in [6, 6.07) is 5.55. The molecule has 3 N–H and O–H groups in total. The Morgan fingerprint density at radius 1 is 1.35 bits per heavy atom. The molecule has 1 amide bonds. The average molecular weight is 341 g/mol. The average Bonchev–Trinajstić information content (AvgIpc) is 2.71. The first-order chi connectivity index (χ1) is 10.6. The molecule has 1 heterocycles. The smallest absolute Gasteiger partial charge is 0.325 e. The summed E-state index contributed by atoms with van der Waals surface area (Å²) in [5.41, 5.74) is 0.697. The number of nitrogens with one attached hydrogen (secondary N) is 1. The Bertz CT molecular complexity index is 786. The second-order valence-electron chi connectivity index (χ2n) is 5.24. The fourth-order valence-corrected chi connectivity index (χ4v) is 2.80. The Labute approximate surface area is 132 Å². The topological polar surface area (TPSA) is 136 Å². The van der Waals surface area contributed by atoms with Gasteiger partial charge in [-0.15, -0.1) is 0 Å². The highest BCUT2D eigenvalue weighted by molar-refractivity contribution is 7.90. The third-order valence-corrected chi connectivity index (χ3v) is 4.55. The molecule has 0 aromatic heterocycles. The molecule has 1 unspecified atom stereocenters. The minimum atomic E-state index is -3.37. The molecular formula is C13H15N3O6S. The van der Waals surface area contributed by atoms with E-state index in [0.29, 0.717) is 5.56 Å². The van der Waals surface area contributed by atoms with Crippen LogP contribution in [0.3, 0.4) is 0 Å². The van der Waals surface area contributed by atoms with Crippen LogP contribution in [0, 0.1) is 0 Å². The molecule has 1 aromatic carbocycles. The molecule has 2 rings (SSSR count). The highest BCUT2D eigenvalue weighted by atomic mass is 32.2. The lowest BCUT2D eigenvalue weighted by atomic mass is 9.91.